The van der Waals surface area contributed by atoms with Crippen molar-refractivity contribution in [2.75, 3.05) is 18.5 Å². The first-order valence-corrected chi connectivity index (χ1v) is 11.2. The van der Waals surface area contributed by atoms with Gasteiger partial charge in [0.25, 0.3) is 0 Å². The van der Waals surface area contributed by atoms with E-state index in [1.807, 2.05) is 48.5 Å². The zero-order valence-corrected chi connectivity index (χ0v) is 18.5. The van der Waals surface area contributed by atoms with E-state index in [4.69, 9.17) is 27.9 Å². The zero-order valence-electron chi connectivity index (χ0n) is 17.0. The molecule has 4 rings (SSSR count). The molecule has 3 aromatic rings. The third-order valence-corrected chi connectivity index (χ3v) is 6.51. The van der Waals surface area contributed by atoms with Gasteiger partial charge in [0.15, 0.2) is 5.78 Å². The first-order valence-electron chi connectivity index (χ1n) is 10.4. The molecule has 31 heavy (non-hydrogen) atoms. The van der Waals surface area contributed by atoms with Crippen molar-refractivity contribution in [1.82, 2.24) is 4.98 Å². The molecule has 1 aliphatic heterocycles. The average Bonchev–Trinajstić information content (AvgIpc) is 2.82. The Labute approximate surface area is 192 Å². The molecule has 0 amide bonds. The highest BCUT2D eigenvalue weighted by Crippen LogP contribution is 2.36. The number of halogens is 2. The molecule has 1 fully saturated rings. The summed E-state index contributed by atoms with van der Waals surface area (Å²) in [5, 5.41) is 4.61. The molecular formula is C25H24Cl2N2O2. The summed E-state index contributed by atoms with van der Waals surface area (Å²) in [5.74, 6) is -0.0830. The predicted octanol–water partition coefficient (Wildman–Crippen LogP) is 6.26. The number of ether oxygens (including phenoxy) is 1. The number of pyridine rings is 1. The van der Waals surface area contributed by atoms with Gasteiger partial charge in [0.05, 0.1) is 16.0 Å². The van der Waals surface area contributed by atoms with Crippen LogP contribution in [0.25, 0.3) is 0 Å². The number of nitrogens with one attached hydrogen (secondary N) is 1. The molecule has 0 bridgehead atoms. The third kappa shape index (κ3) is 5.27. The lowest BCUT2D eigenvalue weighted by Gasteiger charge is -2.37. The van der Waals surface area contributed by atoms with Crippen molar-refractivity contribution in [3.63, 3.8) is 0 Å². The van der Waals surface area contributed by atoms with E-state index in [9.17, 15) is 4.79 Å². The number of Topliss-reactive ketones (excluding diaryl/α,β-unsaturated/α-hetero) is 1. The standard InChI is InChI=1S/C25H24Cl2N2O2/c26-21-9-8-20(15-22(21)27)29-24(18-10-13-31-14-11-18)23(17-5-2-1-3-6-17)25(30)19-7-4-12-28-16-19/h1-9,12,15-16,18,23-24,29H,10-11,13-14H2. The molecule has 1 aromatic heterocycles. The molecule has 0 saturated carbocycles. The summed E-state index contributed by atoms with van der Waals surface area (Å²) in [6, 6.07) is 18.9. The van der Waals surface area contributed by atoms with Crippen molar-refractivity contribution in [3.05, 3.63) is 94.2 Å². The summed E-state index contributed by atoms with van der Waals surface area (Å²) in [6.45, 7) is 1.37. The molecule has 1 N–H and O–H groups in total. The van der Waals surface area contributed by atoms with Crippen LogP contribution in [-0.2, 0) is 4.74 Å². The van der Waals surface area contributed by atoms with Gasteiger partial charge in [-0.15, -0.1) is 0 Å². The predicted molar refractivity (Wildman–Crippen MR) is 125 cm³/mol. The molecule has 4 nitrogen and oxygen atoms in total. The van der Waals surface area contributed by atoms with Crippen LogP contribution in [0.5, 0.6) is 0 Å². The summed E-state index contributed by atoms with van der Waals surface area (Å²) in [4.78, 5) is 17.9. The summed E-state index contributed by atoms with van der Waals surface area (Å²) < 4.78 is 5.60. The molecule has 1 saturated heterocycles. The highest BCUT2D eigenvalue weighted by Gasteiger charge is 2.37. The van der Waals surface area contributed by atoms with Gasteiger partial charge in [0.2, 0.25) is 0 Å². The number of hydrogen-bond donors (Lipinski definition) is 1. The molecule has 1 aliphatic rings. The molecular weight excluding hydrogens is 431 g/mol. The average molecular weight is 455 g/mol. The van der Waals surface area contributed by atoms with E-state index in [1.165, 1.54) is 0 Å². The molecule has 0 aliphatic carbocycles. The lowest BCUT2D eigenvalue weighted by Crippen LogP contribution is -2.41. The van der Waals surface area contributed by atoms with E-state index in [-0.39, 0.29) is 23.7 Å². The van der Waals surface area contributed by atoms with Crippen molar-refractivity contribution in [2.45, 2.75) is 24.8 Å². The maximum absolute atomic E-state index is 13.8. The summed E-state index contributed by atoms with van der Waals surface area (Å²) in [7, 11) is 0. The third-order valence-electron chi connectivity index (χ3n) is 5.77. The smallest absolute Gasteiger partial charge is 0.173 e. The largest absolute Gasteiger partial charge is 0.381 e. The number of ketones is 1. The molecule has 0 radical (unpaired) electrons. The van der Waals surface area contributed by atoms with Gasteiger partial charge in [-0.25, -0.2) is 0 Å². The van der Waals surface area contributed by atoms with Crippen LogP contribution in [0.4, 0.5) is 5.69 Å². The van der Waals surface area contributed by atoms with E-state index in [2.05, 4.69) is 10.3 Å². The highest BCUT2D eigenvalue weighted by molar-refractivity contribution is 6.42. The number of nitrogens with zero attached hydrogens (tertiary/aromatic N) is 1. The van der Waals surface area contributed by atoms with Crippen molar-refractivity contribution >= 4 is 34.7 Å². The van der Waals surface area contributed by atoms with Crippen molar-refractivity contribution in [2.24, 2.45) is 5.92 Å². The normalized spacial score (nSPS) is 16.5. The SMILES string of the molecule is O=C(c1cccnc1)C(c1ccccc1)C(Nc1ccc(Cl)c(Cl)c1)C1CCOCC1. The number of hydrogen-bond acceptors (Lipinski definition) is 4. The fourth-order valence-electron chi connectivity index (χ4n) is 4.20. The highest BCUT2D eigenvalue weighted by atomic mass is 35.5. The summed E-state index contributed by atoms with van der Waals surface area (Å²) in [6.07, 6.45) is 5.07. The molecule has 0 spiro atoms. The molecule has 2 aromatic carbocycles. The Morgan fingerprint density at radius 1 is 1.00 bits per heavy atom. The first kappa shape index (κ1) is 21.8. The van der Waals surface area contributed by atoms with Gasteiger partial charge >= 0.3 is 0 Å². The number of rotatable bonds is 7. The Balaban J connectivity index is 1.76. The van der Waals surface area contributed by atoms with E-state index in [1.54, 1.807) is 24.5 Å². The Bertz CT molecular complexity index is 1010. The van der Waals surface area contributed by atoms with Crippen LogP contribution in [0.2, 0.25) is 10.0 Å². The maximum atomic E-state index is 13.8. The van der Waals surface area contributed by atoms with Crippen LogP contribution in [0.15, 0.2) is 73.1 Å². The Kier molecular flexibility index (Phi) is 7.23. The van der Waals surface area contributed by atoms with Gasteiger partial charge in [-0.05, 0) is 54.7 Å². The van der Waals surface area contributed by atoms with Gasteiger partial charge < -0.3 is 10.1 Å². The van der Waals surface area contributed by atoms with Crippen LogP contribution >= 0.6 is 23.2 Å². The lowest BCUT2D eigenvalue weighted by atomic mass is 9.76. The minimum atomic E-state index is -0.386. The molecule has 2 unspecified atom stereocenters. The van der Waals surface area contributed by atoms with Crippen molar-refractivity contribution in [1.29, 1.82) is 0 Å². The number of aromatic nitrogens is 1. The van der Waals surface area contributed by atoms with Crippen molar-refractivity contribution < 1.29 is 9.53 Å². The van der Waals surface area contributed by atoms with E-state index < -0.39 is 0 Å². The zero-order chi connectivity index (χ0) is 21.6. The number of carbonyl (C=O) groups excluding carboxylic acids is 1. The fraction of sp³-hybridized carbons (Fsp3) is 0.280. The second-order valence-corrected chi connectivity index (χ2v) is 8.56. The minimum absolute atomic E-state index is 0.0448. The van der Waals surface area contributed by atoms with Crippen LogP contribution in [0.1, 0.15) is 34.7 Å². The molecule has 2 atom stereocenters. The molecule has 6 heteroatoms. The second kappa shape index (κ2) is 10.3. The molecule has 2 heterocycles. The monoisotopic (exact) mass is 454 g/mol. The lowest BCUT2D eigenvalue weighted by molar-refractivity contribution is 0.0558. The van der Waals surface area contributed by atoms with Crippen LogP contribution in [-0.4, -0.2) is 30.0 Å². The Morgan fingerprint density at radius 3 is 2.45 bits per heavy atom. The number of benzene rings is 2. The van der Waals surface area contributed by atoms with Gasteiger partial charge in [-0.3, -0.25) is 9.78 Å². The first-order chi connectivity index (χ1) is 15.1. The topological polar surface area (TPSA) is 51.2 Å². The van der Waals surface area contributed by atoms with Crippen LogP contribution < -0.4 is 5.32 Å². The fourth-order valence-corrected chi connectivity index (χ4v) is 4.49. The number of anilines is 1. The van der Waals surface area contributed by atoms with E-state index >= 15 is 0 Å². The van der Waals surface area contributed by atoms with Gasteiger partial charge in [0, 0.05) is 42.9 Å². The summed E-state index contributed by atoms with van der Waals surface area (Å²) >= 11 is 12.4. The van der Waals surface area contributed by atoms with Gasteiger partial charge in [-0.1, -0.05) is 53.5 Å². The van der Waals surface area contributed by atoms with Gasteiger partial charge in [-0.2, -0.15) is 0 Å². The van der Waals surface area contributed by atoms with Crippen LogP contribution in [0.3, 0.4) is 0 Å². The molecule has 160 valence electrons. The quantitative estimate of drug-likeness (QED) is 0.427. The summed E-state index contributed by atoms with van der Waals surface area (Å²) in [5.41, 5.74) is 2.41. The Hall–Kier alpha value is -2.40. The minimum Gasteiger partial charge on any atom is -0.381 e. The van der Waals surface area contributed by atoms with Crippen LogP contribution in [0, 0.1) is 5.92 Å². The van der Waals surface area contributed by atoms with Gasteiger partial charge in [0.1, 0.15) is 0 Å². The number of carbonyl (C=O) groups is 1. The van der Waals surface area contributed by atoms with Crippen molar-refractivity contribution in [3.8, 4) is 0 Å². The van der Waals surface area contributed by atoms with E-state index in [0.29, 0.717) is 28.8 Å². The Morgan fingerprint density at radius 2 is 1.77 bits per heavy atom. The maximum Gasteiger partial charge on any atom is 0.173 e. The van der Waals surface area contributed by atoms with E-state index in [0.717, 1.165) is 24.1 Å². The second-order valence-electron chi connectivity index (χ2n) is 7.74.